The summed E-state index contributed by atoms with van der Waals surface area (Å²) in [4.78, 5) is 24.8. The molecule has 6 nitrogen and oxygen atoms in total. The van der Waals surface area contributed by atoms with E-state index >= 15 is 0 Å². The third-order valence-electron chi connectivity index (χ3n) is 4.49. The Hall–Kier alpha value is -2.63. The minimum atomic E-state index is 0.246. The maximum absolute atomic E-state index is 12.4. The van der Waals surface area contributed by atoms with Crippen molar-refractivity contribution in [2.75, 3.05) is 38.2 Å². The van der Waals surface area contributed by atoms with Crippen molar-refractivity contribution in [3.05, 3.63) is 48.3 Å². The molecule has 0 aliphatic carbocycles. The van der Waals surface area contributed by atoms with Gasteiger partial charge in [0.15, 0.2) is 0 Å². The number of anilines is 1. The van der Waals surface area contributed by atoms with E-state index in [1.54, 1.807) is 7.11 Å². The van der Waals surface area contributed by atoms with Gasteiger partial charge in [-0.1, -0.05) is 30.3 Å². The van der Waals surface area contributed by atoms with Gasteiger partial charge < -0.3 is 14.5 Å². The second-order valence-electron chi connectivity index (χ2n) is 6.13. The Balaban J connectivity index is 1.44. The molecule has 0 saturated carbocycles. The van der Waals surface area contributed by atoms with Gasteiger partial charge in [0, 0.05) is 38.7 Å². The van der Waals surface area contributed by atoms with E-state index in [4.69, 9.17) is 4.74 Å². The molecule has 1 aliphatic rings. The van der Waals surface area contributed by atoms with E-state index in [-0.39, 0.29) is 5.91 Å². The van der Waals surface area contributed by atoms with Crippen LogP contribution in [-0.4, -0.2) is 54.1 Å². The SMILES string of the molecule is COc1cc(N2CCN(C(=O)CCCc3ccccc3)CC2)ncn1. The van der Waals surface area contributed by atoms with Crippen molar-refractivity contribution in [2.45, 2.75) is 19.3 Å². The van der Waals surface area contributed by atoms with Crippen LogP contribution in [0.1, 0.15) is 18.4 Å². The first-order valence-electron chi connectivity index (χ1n) is 8.69. The van der Waals surface area contributed by atoms with Gasteiger partial charge in [0.05, 0.1) is 7.11 Å². The molecule has 0 atom stereocenters. The van der Waals surface area contributed by atoms with Gasteiger partial charge in [-0.05, 0) is 18.4 Å². The first-order chi connectivity index (χ1) is 12.3. The van der Waals surface area contributed by atoms with Gasteiger partial charge >= 0.3 is 0 Å². The molecule has 25 heavy (non-hydrogen) atoms. The number of amides is 1. The van der Waals surface area contributed by atoms with Crippen LogP contribution >= 0.6 is 0 Å². The number of benzene rings is 1. The molecule has 1 fully saturated rings. The predicted octanol–water partition coefficient (Wildman–Crippen LogP) is 2.16. The molecule has 0 bridgehead atoms. The Morgan fingerprint density at radius 1 is 1.12 bits per heavy atom. The smallest absolute Gasteiger partial charge is 0.222 e. The number of ether oxygens (including phenoxy) is 1. The second-order valence-corrected chi connectivity index (χ2v) is 6.13. The third kappa shape index (κ3) is 4.68. The molecule has 1 aromatic carbocycles. The molecule has 0 radical (unpaired) electrons. The lowest BCUT2D eigenvalue weighted by molar-refractivity contribution is -0.131. The number of aryl methyl sites for hydroxylation is 1. The van der Waals surface area contributed by atoms with Gasteiger partial charge in [-0.25, -0.2) is 9.97 Å². The molecule has 132 valence electrons. The molecule has 2 heterocycles. The van der Waals surface area contributed by atoms with Crippen molar-refractivity contribution in [2.24, 2.45) is 0 Å². The number of carbonyl (C=O) groups excluding carboxylic acids is 1. The molecule has 1 aliphatic heterocycles. The zero-order valence-electron chi connectivity index (χ0n) is 14.6. The van der Waals surface area contributed by atoms with Crippen molar-refractivity contribution in [3.63, 3.8) is 0 Å². The maximum atomic E-state index is 12.4. The van der Waals surface area contributed by atoms with Gasteiger partial charge in [0.1, 0.15) is 12.1 Å². The maximum Gasteiger partial charge on any atom is 0.222 e. The van der Waals surface area contributed by atoms with E-state index in [9.17, 15) is 4.79 Å². The number of rotatable bonds is 6. The first-order valence-corrected chi connectivity index (χ1v) is 8.69. The van der Waals surface area contributed by atoms with E-state index < -0.39 is 0 Å². The summed E-state index contributed by atoms with van der Waals surface area (Å²) in [5, 5.41) is 0. The predicted molar refractivity (Wildman–Crippen MR) is 96.8 cm³/mol. The minimum absolute atomic E-state index is 0.246. The van der Waals surface area contributed by atoms with Crippen LogP contribution in [0.3, 0.4) is 0 Å². The topological polar surface area (TPSA) is 58.6 Å². The van der Waals surface area contributed by atoms with Crippen molar-refractivity contribution in [3.8, 4) is 5.88 Å². The van der Waals surface area contributed by atoms with E-state index in [2.05, 4.69) is 27.0 Å². The highest BCUT2D eigenvalue weighted by molar-refractivity contribution is 5.76. The van der Waals surface area contributed by atoms with Crippen LogP contribution < -0.4 is 9.64 Å². The summed E-state index contributed by atoms with van der Waals surface area (Å²) < 4.78 is 5.14. The van der Waals surface area contributed by atoms with E-state index in [1.165, 1.54) is 11.9 Å². The average Bonchev–Trinajstić information content (AvgIpc) is 2.69. The number of nitrogens with zero attached hydrogens (tertiary/aromatic N) is 4. The van der Waals surface area contributed by atoms with Crippen LogP contribution in [0.15, 0.2) is 42.7 Å². The van der Waals surface area contributed by atoms with Gasteiger partial charge in [0.25, 0.3) is 0 Å². The van der Waals surface area contributed by atoms with Crippen molar-refractivity contribution >= 4 is 11.7 Å². The molecule has 0 N–H and O–H groups in total. The average molecular weight is 340 g/mol. The molecular formula is C19H24N4O2. The van der Waals surface area contributed by atoms with Crippen LogP contribution in [0, 0.1) is 0 Å². The van der Waals surface area contributed by atoms with Crippen LogP contribution in [0.4, 0.5) is 5.82 Å². The first kappa shape index (κ1) is 17.2. The Morgan fingerprint density at radius 3 is 2.60 bits per heavy atom. The van der Waals surface area contributed by atoms with E-state index in [0.717, 1.165) is 44.8 Å². The lowest BCUT2D eigenvalue weighted by Gasteiger charge is -2.35. The van der Waals surface area contributed by atoms with Gasteiger partial charge in [-0.15, -0.1) is 0 Å². The molecule has 1 amide bonds. The highest BCUT2D eigenvalue weighted by Gasteiger charge is 2.21. The van der Waals surface area contributed by atoms with Crippen LogP contribution in [0.5, 0.6) is 5.88 Å². The number of methoxy groups -OCH3 is 1. The number of piperazine rings is 1. The van der Waals surface area contributed by atoms with Crippen LogP contribution in [0.25, 0.3) is 0 Å². The standard InChI is InChI=1S/C19H24N4O2/c1-25-18-14-17(20-15-21-18)22-10-12-23(13-11-22)19(24)9-5-8-16-6-3-2-4-7-16/h2-4,6-7,14-15H,5,8-13H2,1H3. The quantitative estimate of drug-likeness (QED) is 0.806. The summed E-state index contributed by atoms with van der Waals surface area (Å²) in [6.07, 6.45) is 3.96. The third-order valence-corrected chi connectivity index (χ3v) is 4.49. The number of aromatic nitrogens is 2. The summed E-state index contributed by atoms with van der Waals surface area (Å²) in [5.41, 5.74) is 1.29. The van der Waals surface area contributed by atoms with Gasteiger partial charge in [-0.3, -0.25) is 4.79 Å². The molecule has 1 saturated heterocycles. The van der Waals surface area contributed by atoms with Crippen LogP contribution in [-0.2, 0) is 11.2 Å². The number of hydrogen-bond acceptors (Lipinski definition) is 5. The minimum Gasteiger partial charge on any atom is -0.481 e. The number of hydrogen-bond donors (Lipinski definition) is 0. The molecule has 0 unspecified atom stereocenters. The normalized spacial score (nSPS) is 14.4. The zero-order valence-corrected chi connectivity index (χ0v) is 14.6. The fourth-order valence-corrected chi connectivity index (χ4v) is 3.05. The Labute approximate surface area is 148 Å². The van der Waals surface area contributed by atoms with E-state index in [0.29, 0.717) is 12.3 Å². The summed E-state index contributed by atoms with van der Waals surface area (Å²) in [7, 11) is 1.60. The van der Waals surface area contributed by atoms with Crippen molar-refractivity contribution in [1.29, 1.82) is 0 Å². The molecule has 0 spiro atoms. The molecular weight excluding hydrogens is 316 g/mol. The summed E-state index contributed by atoms with van der Waals surface area (Å²) >= 11 is 0. The lowest BCUT2D eigenvalue weighted by atomic mass is 10.1. The van der Waals surface area contributed by atoms with Gasteiger partial charge in [-0.2, -0.15) is 0 Å². The Morgan fingerprint density at radius 2 is 1.88 bits per heavy atom. The fraction of sp³-hybridized carbons (Fsp3) is 0.421. The summed E-state index contributed by atoms with van der Waals surface area (Å²) in [6.45, 7) is 3.03. The summed E-state index contributed by atoms with van der Waals surface area (Å²) in [6, 6.07) is 12.1. The van der Waals surface area contributed by atoms with Gasteiger partial charge in [0.2, 0.25) is 11.8 Å². The highest BCUT2D eigenvalue weighted by Crippen LogP contribution is 2.17. The molecule has 6 heteroatoms. The zero-order chi connectivity index (χ0) is 17.5. The largest absolute Gasteiger partial charge is 0.481 e. The monoisotopic (exact) mass is 340 g/mol. The summed E-state index contributed by atoms with van der Waals surface area (Å²) in [5.74, 6) is 1.66. The number of carbonyl (C=O) groups is 1. The van der Waals surface area contributed by atoms with E-state index in [1.807, 2.05) is 29.2 Å². The molecule has 1 aromatic heterocycles. The Bertz CT molecular complexity index is 685. The highest BCUT2D eigenvalue weighted by atomic mass is 16.5. The second kappa shape index (κ2) is 8.46. The van der Waals surface area contributed by atoms with Crippen LogP contribution in [0.2, 0.25) is 0 Å². The fourth-order valence-electron chi connectivity index (χ4n) is 3.05. The lowest BCUT2D eigenvalue weighted by Crippen LogP contribution is -2.49. The molecule has 3 rings (SSSR count). The van der Waals surface area contributed by atoms with Crippen molar-refractivity contribution < 1.29 is 9.53 Å². The Kier molecular flexibility index (Phi) is 5.82. The van der Waals surface area contributed by atoms with Crippen molar-refractivity contribution in [1.82, 2.24) is 14.9 Å². The molecule has 2 aromatic rings.